The molecule has 19 heavy (non-hydrogen) atoms. The topological polar surface area (TPSA) is 0 Å². The van der Waals surface area contributed by atoms with Crippen LogP contribution < -0.4 is 0 Å². The standard InChI is InChI=1S/C15H15FS.C2H2/c1-11-5-4-6-12(9-11)14(10-17)13-7-2-3-8-15(13)16;1-2/h2-9,14,17H,10H2,1H3;1-2H. The van der Waals surface area contributed by atoms with Gasteiger partial charge in [0.2, 0.25) is 0 Å². The molecule has 0 aliphatic carbocycles. The molecule has 2 aromatic rings. The fourth-order valence-corrected chi connectivity index (χ4v) is 2.44. The first-order valence-corrected chi connectivity index (χ1v) is 6.61. The maximum absolute atomic E-state index is 13.8. The highest BCUT2D eigenvalue weighted by atomic mass is 32.1. The van der Waals surface area contributed by atoms with Crippen molar-refractivity contribution in [1.82, 2.24) is 0 Å². The highest BCUT2D eigenvalue weighted by molar-refractivity contribution is 7.80. The van der Waals surface area contributed by atoms with Gasteiger partial charge in [-0.15, -0.1) is 12.8 Å². The Bertz CT molecular complexity index is 546. The van der Waals surface area contributed by atoms with E-state index in [0.717, 1.165) is 5.56 Å². The summed E-state index contributed by atoms with van der Waals surface area (Å²) in [5, 5.41) is 0. The van der Waals surface area contributed by atoms with Crippen molar-refractivity contribution in [3.63, 3.8) is 0 Å². The zero-order chi connectivity index (χ0) is 14.3. The zero-order valence-electron chi connectivity index (χ0n) is 10.9. The summed E-state index contributed by atoms with van der Waals surface area (Å²) in [6.45, 7) is 2.04. The van der Waals surface area contributed by atoms with Gasteiger partial charge in [-0.1, -0.05) is 48.0 Å². The summed E-state index contributed by atoms with van der Waals surface area (Å²) < 4.78 is 13.8. The lowest BCUT2D eigenvalue weighted by molar-refractivity contribution is 0.604. The molecule has 0 amide bonds. The fraction of sp³-hybridized carbons (Fsp3) is 0.176. The Morgan fingerprint density at radius 1 is 1.11 bits per heavy atom. The number of hydrogen-bond acceptors (Lipinski definition) is 1. The number of terminal acetylenes is 1. The third-order valence-electron chi connectivity index (χ3n) is 2.91. The zero-order valence-corrected chi connectivity index (χ0v) is 11.8. The van der Waals surface area contributed by atoms with Gasteiger partial charge in [0.05, 0.1) is 0 Å². The molecule has 2 rings (SSSR count). The molecule has 2 aromatic carbocycles. The summed E-state index contributed by atoms with van der Waals surface area (Å²) in [6.07, 6.45) is 8.00. The van der Waals surface area contributed by atoms with Crippen LogP contribution in [0.5, 0.6) is 0 Å². The SMILES string of the molecule is C#C.Cc1cccc(C(CS)c2ccccc2F)c1. The molecule has 0 fully saturated rings. The minimum absolute atomic E-state index is 0.0134. The molecule has 0 nitrogen and oxygen atoms in total. The van der Waals surface area contributed by atoms with Gasteiger partial charge in [0, 0.05) is 11.7 Å². The summed E-state index contributed by atoms with van der Waals surface area (Å²) in [7, 11) is 0. The summed E-state index contributed by atoms with van der Waals surface area (Å²) >= 11 is 4.35. The summed E-state index contributed by atoms with van der Waals surface area (Å²) in [5.41, 5.74) is 3.02. The smallest absolute Gasteiger partial charge is 0.127 e. The quantitative estimate of drug-likeness (QED) is 0.619. The van der Waals surface area contributed by atoms with Crippen LogP contribution in [0.15, 0.2) is 48.5 Å². The van der Waals surface area contributed by atoms with E-state index in [1.165, 1.54) is 11.6 Å². The Hall–Kier alpha value is -1.72. The third kappa shape index (κ3) is 3.87. The van der Waals surface area contributed by atoms with Crippen LogP contribution in [-0.2, 0) is 0 Å². The van der Waals surface area contributed by atoms with Gasteiger partial charge in [-0.05, 0) is 24.1 Å². The third-order valence-corrected chi connectivity index (χ3v) is 3.27. The van der Waals surface area contributed by atoms with E-state index < -0.39 is 0 Å². The molecular weight excluding hydrogens is 255 g/mol. The Kier molecular flexibility index (Phi) is 6.18. The lowest BCUT2D eigenvalue weighted by Crippen LogP contribution is -2.05. The van der Waals surface area contributed by atoms with Crippen LogP contribution in [0.4, 0.5) is 4.39 Å². The van der Waals surface area contributed by atoms with E-state index in [-0.39, 0.29) is 11.7 Å². The number of rotatable bonds is 3. The molecule has 2 heteroatoms. The first-order chi connectivity index (χ1) is 9.22. The second-order valence-corrected chi connectivity index (χ2v) is 4.54. The van der Waals surface area contributed by atoms with Gasteiger partial charge in [-0.2, -0.15) is 12.6 Å². The normalized spacial score (nSPS) is 11.2. The van der Waals surface area contributed by atoms with Crippen molar-refractivity contribution >= 4 is 12.6 Å². The molecule has 0 spiro atoms. The van der Waals surface area contributed by atoms with E-state index >= 15 is 0 Å². The second-order valence-electron chi connectivity index (χ2n) is 4.17. The van der Waals surface area contributed by atoms with Crippen LogP contribution in [-0.4, -0.2) is 5.75 Å². The van der Waals surface area contributed by atoms with Crippen LogP contribution in [0, 0.1) is 25.6 Å². The van der Waals surface area contributed by atoms with Gasteiger partial charge < -0.3 is 0 Å². The van der Waals surface area contributed by atoms with Crippen molar-refractivity contribution in [2.45, 2.75) is 12.8 Å². The molecule has 0 N–H and O–H groups in total. The molecule has 1 atom stereocenters. The Balaban J connectivity index is 0.000000861. The Morgan fingerprint density at radius 2 is 1.79 bits per heavy atom. The van der Waals surface area contributed by atoms with Crippen molar-refractivity contribution in [2.24, 2.45) is 0 Å². The Labute approximate surface area is 120 Å². The van der Waals surface area contributed by atoms with E-state index in [1.54, 1.807) is 6.07 Å². The minimum Gasteiger partial charge on any atom is -0.207 e. The van der Waals surface area contributed by atoms with Gasteiger partial charge >= 0.3 is 0 Å². The Morgan fingerprint density at radius 3 is 2.37 bits per heavy atom. The van der Waals surface area contributed by atoms with E-state index in [0.29, 0.717) is 11.3 Å². The van der Waals surface area contributed by atoms with E-state index in [4.69, 9.17) is 0 Å². The highest BCUT2D eigenvalue weighted by Crippen LogP contribution is 2.28. The van der Waals surface area contributed by atoms with Gasteiger partial charge in [0.15, 0.2) is 0 Å². The minimum atomic E-state index is -0.159. The van der Waals surface area contributed by atoms with Crippen molar-refractivity contribution in [3.8, 4) is 12.8 Å². The molecule has 98 valence electrons. The summed E-state index contributed by atoms with van der Waals surface area (Å²) in [5.74, 6) is 0.456. The number of hydrogen-bond donors (Lipinski definition) is 1. The molecule has 0 saturated heterocycles. The van der Waals surface area contributed by atoms with Crippen molar-refractivity contribution < 1.29 is 4.39 Å². The molecule has 1 unspecified atom stereocenters. The van der Waals surface area contributed by atoms with E-state index in [9.17, 15) is 4.39 Å². The lowest BCUT2D eigenvalue weighted by Gasteiger charge is -2.16. The van der Waals surface area contributed by atoms with Crippen molar-refractivity contribution in [2.75, 3.05) is 5.75 Å². The molecule has 0 saturated carbocycles. The number of halogens is 1. The van der Waals surface area contributed by atoms with E-state index in [1.807, 2.05) is 37.3 Å². The van der Waals surface area contributed by atoms with Crippen LogP contribution in [0.25, 0.3) is 0 Å². The average Bonchev–Trinajstić information content (AvgIpc) is 2.44. The largest absolute Gasteiger partial charge is 0.207 e. The monoisotopic (exact) mass is 272 g/mol. The summed E-state index contributed by atoms with van der Waals surface area (Å²) in [6, 6.07) is 15.1. The maximum atomic E-state index is 13.8. The predicted octanol–water partition coefficient (Wildman–Crippen LogP) is 4.45. The molecule has 0 aliphatic heterocycles. The number of thiol groups is 1. The lowest BCUT2D eigenvalue weighted by atomic mass is 9.91. The first kappa shape index (κ1) is 15.3. The molecule has 0 aliphatic rings. The first-order valence-electron chi connectivity index (χ1n) is 5.97. The second kappa shape index (κ2) is 7.66. The molecule has 0 bridgehead atoms. The summed E-state index contributed by atoms with van der Waals surface area (Å²) in [4.78, 5) is 0. The molecular formula is C17H17FS. The van der Waals surface area contributed by atoms with Crippen molar-refractivity contribution in [1.29, 1.82) is 0 Å². The van der Waals surface area contributed by atoms with Crippen LogP contribution in [0.3, 0.4) is 0 Å². The van der Waals surface area contributed by atoms with E-state index in [2.05, 4.69) is 31.5 Å². The maximum Gasteiger partial charge on any atom is 0.127 e. The van der Waals surface area contributed by atoms with Gasteiger partial charge in [0.1, 0.15) is 5.82 Å². The van der Waals surface area contributed by atoms with Gasteiger partial charge in [-0.3, -0.25) is 0 Å². The van der Waals surface area contributed by atoms with Crippen LogP contribution >= 0.6 is 12.6 Å². The molecule has 0 heterocycles. The number of aryl methyl sites for hydroxylation is 1. The van der Waals surface area contributed by atoms with Crippen molar-refractivity contribution in [3.05, 3.63) is 71.0 Å². The van der Waals surface area contributed by atoms with Crippen LogP contribution in [0.2, 0.25) is 0 Å². The number of benzene rings is 2. The van der Waals surface area contributed by atoms with Crippen LogP contribution in [0.1, 0.15) is 22.6 Å². The highest BCUT2D eigenvalue weighted by Gasteiger charge is 2.15. The molecule has 0 radical (unpaired) electrons. The average molecular weight is 272 g/mol. The van der Waals surface area contributed by atoms with Gasteiger partial charge in [-0.25, -0.2) is 4.39 Å². The fourth-order valence-electron chi connectivity index (χ4n) is 2.03. The van der Waals surface area contributed by atoms with Gasteiger partial charge in [0.25, 0.3) is 0 Å². The molecule has 0 aromatic heterocycles. The predicted molar refractivity (Wildman–Crippen MR) is 83.2 cm³/mol.